The average molecular weight is 68.1 g/mol. The largest absolute Gasteiger partial charge is 0.0528 e. The van der Waals surface area contributed by atoms with Crippen LogP contribution in [0, 0.1) is 12.8 Å². The lowest BCUT2D eigenvalue weighted by molar-refractivity contribution is 0.384. The highest BCUT2D eigenvalue weighted by Crippen LogP contribution is 2.23. The third kappa shape index (κ3) is 0.444. The smallest absolute Gasteiger partial charge is 0.0318 e. The van der Waals surface area contributed by atoms with Crippen molar-refractivity contribution in [2.45, 2.75) is 19.3 Å². The van der Waals surface area contributed by atoms with Crippen LogP contribution in [0.3, 0.4) is 0 Å². The van der Waals surface area contributed by atoms with Gasteiger partial charge in [0, 0.05) is 0 Å². The van der Waals surface area contributed by atoms with Crippen LogP contribution in [-0.4, -0.2) is 0 Å². The highest BCUT2D eigenvalue weighted by molar-refractivity contribution is 4.69. The molecule has 1 aliphatic rings. The third-order valence-electron chi connectivity index (χ3n) is 1.15. The first kappa shape index (κ1) is 3.20. The van der Waals surface area contributed by atoms with Gasteiger partial charge in [0.1, 0.15) is 0 Å². The fraction of sp³-hybridized carbons (Fsp3) is 0.800. The summed E-state index contributed by atoms with van der Waals surface area (Å²) in [6.45, 7) is 5.38. The fourth-order valence-electron chi connectivity index (χ4n) is 0.440. The molecule has 1 rings (SSSR count). The van der Waals surface area contributed by atoms with Gasteiger partial charge in [-0.05, 0) is 12.8 Å². The van der Waals surface area contributed by atoms with Crippen LogP contribution in [0.25, 0.3) is 0 Å². The standard InChI is InChI=1S/C5H8/c1-5-3-2-4-5/h1,5H,2-4H2. The molecule has 0 heterocycles. The maximum absolute atomic E-state index is 5.38. The Morgan fingerprint density at radius 1 is 1.40 bits per heavy atom. The van der Waals surface area contributed by atoms with Gasteiger partial charge < -0.3 is 0 Å². The van der Waals surface area contributed by atoms with Crippen molar-refractivity contribution in [1.82, 2.24) is 0 Å². The van der Waals surface area contributed by atoms with Gasteiger partial charge in [0.05, 0.1) is 0 Å². The van der Waals surface area contributed by atoms with E-state index in [-0.39, 0.29) is 0 Å². The summed E-state index contributed by atoms with van der Waals surface area (Å²) >= 11 is 0. The summed E-state index contributed by atoms with van der Waals surface area (Å²) in [5.41, 5.74) is 0. The lowest BCUT2D eigenvalue weighted by Gasteiger charge is -2.18. The molecule has 0 amide bonds. The van der Waals surface area contributed by atoms with Gasteiger partial charge in [-0.25, -0.2) is 0 Å². The van der Waals surface area contributed by atoms with E-state index in [1.807, 2.05) is 0 Å². The van der Waals surface area contributed by atoms with Gasteiger partial charge in [0.25, 0.3) is 0 Å². The lowest BCUT2D eigenvalue weighted by atomic mass is 9.88. The van der Waals surface area contributed by atoms with E-state index in [2.05, 4.69) is 0 Å². The highest BCUT2D eigenvalue weighted by atomic mass is 14.1. The monoisotopic (exact) mass is 68.1 g/mol. The highest BCUT2D eigenvalue weighted by Gasteiger charge is 2.09. The van der Waals surface area contributed by atoms with Crippen LogP contribution in [0.15, 0.2) is 0 Å². The molecule has 0 aromatic rings. The Hall–Kier alpha value is 0. The average Bonchev–Trinajstić information content (AvgIpc) is 1.30. The number of rotatable bonds is 0. The molecule has 28 valence electrons. The predicted molar refractivity (Wildman–Crippen MR) is 21.6 cm³/mol. The second-order valence-electron chi connectivity index (χ2n) is 1.69. The van der Waals surface area contributed by atoms with E-state index < -0.39 is 0 Å². The Kier molecular flexibility index (Phi) is 0.640. The molecule has 0 saturated heterocycles. The van der Waals surface area contributed by atoms with Crippen LogP contribution >= 0.6 is 0 Å². The minimum Gasteiger partial charge on any atom is -0.0528 e. The number of hydrogen-bond donors (Lipinski definition) is 0. The van der Waals surface area contributed by atoms with E-state index in [1.54, 1.807) is 0 Å². The first-order valence-corrected chi connectivity index (χ1v) is 2.15. The zero-order valence-electron chi connectivity index (χ0n) is 3.28. The maximum Gasteiger partial charge on any atom is -0.0318 e. The molecule has 0 nitrogen and oxygen atoms in total. The van der Waals surface area contributed by atoms with Gasteiger partial charge in [0.2, 0.25) is 0 Å². The molecule has 0 spiro atoms. The molecule has 1 fully saturated rings. The summed E-state index contributed by atoms with van der Waals surface area (Å²) in [6, 6.07) is 0. The second kappa shape index (κ2) is 1.00. The third-order valence-corrected chi connectivity index (χ3v) is 1.15. The number of hydrogen-bond acceptors (Lipinski definition) is 0. The Morgan fingerprint density at radius 3 is 1.80 bits per heavy atom. The van der Waals surface area contributed by atoms with Crippen LogP contribution in [0.5, 0.6) is 0 Å². The van der Waals surface area contributed by atoms with Gasteiger partial charge in [-0.2, -0.15) is 0 Å². The Balaban J connectivity index is 2.08. The van der Waals surface area contributed by atoms with Crippen molar-refractivity contribution in [3.63, 3.8) is 0 Å². The van der Waals surface area contributed by atoms with Gasteiger partial charge in [-0.15, -0.1) is 0 Å². The van der Waals surface area contributed by atoms with Gasteiger partial charge in [-0.3, -0.25) is 0 Å². The molecule has 5 heavy (non-hydrogen) atoms. The predicted octanol–water partition coefficient (Wildman–Crippen LogP) is 1.50. The molecule has 1 saturated carbocycles. The first-order chi connectivity index (χ1) is 2.39. The van der Waals surface area contributed by atoms with E-state index >= 15 is 0 Å². The molecule has 0 bridgehead atoms. The zero-order chi connectivity index (χ0) is 3.70. The van der Waals surface area contributed by atoms with Crippen LogP contribution in [0.2, 0.25) is 0 Å². The topological polar surface area (TPSA) is 0 Å². The molecule has 0 aliphatic heterocycles. The Labute approximate surface area is 33.2 Å². The molecule has 0 atom stereocenters. The molecule has 0 N–H and O–H groups in total. The van der Waals surface area contributed by atoms with Crippen LogP contribution in [0.1, 0.15) is 19.3 Å². The quantitative estimate of drug-likeness (QED) is 0.403. The van der Waals surface area contributed by atoms with E-state index in [9.17, 15) is 0 Å². The molecule has 0 aromatic carbocycles. The first-order valence-electron chi connectivity index (χ1n) is 2.15. The van der Waals surface area contributed by atoms with Crippen molar-refractivity contribution in [3.8, 4) is 0 Å². The van der Waals surface area contributed by atoms with Gasteiger partial charge in [-0.1, -0.05) is 19.3 Å². The summed E-state index contributed by atoms with van der Waals surface area (Å²) in [7, 11) is 0. The minimum atomic E-state index is 0.565. The van der Waals surface area contributed by atoms with Crippen molar-refractivity contribution < 1.29 is 0 Å². The van der Waals surface area contributed by atoms with Crippen molar-refractivity contribution in [3.05, 3.63) is 6.92 Å². The molecule has 2 radical (unpaired) electrons. The molecular formula is C5H8. The summed E-state index contributed by atoms with van der Waals surface area (Å²) in [6.07, 6.45) is 3.89. The maximum atomic E-state index is 5.38. The summed E-state index contributed by atoms with van der Waals surface area (Å²) in [5, 5.41) is 0. The van der Waals surface area contributed by atoms with Crippen molar-refractivity contribution in [1.29, 1.82) is 0 Å². The van der Waals surface area contributed by atoms with Gasteiger partial charge in [0.15, 0.2) is 0 Å². The molecule has 0 unspecified atom stereocenters. The normalized spacial score (nSPS) is 25.8. The summed E-state index contributed by atoms with van der Waals surface area (Å²) in [4.78, 5) is 0. The van der Waals surface area contributed by atoms with Gasteiger partial charge >= 0.3 is 0 Å². The Bertz CT molecular complexity index is 27.0. The Morgan fingerprint density at radius 2 is 1.80 bits per heavy atom. The van der Waals surface area contributed by atoms with Crippen LogP contribution < -0.4 is 0 Å². The summed E-state index contributed by atoms with van der Waals surface area (Å²) in [5.74, 6) is 0.565. The minimum absolute atomic E-state index is 0.565. The van der Waals surface area contributed by atoms with E-state index in [0.29, 0.717) is 5.92 Å². The molecule has 1 aliphatic carbocycles. The van der Waals surface area contributed by atoms with Crippen molar-refractivity contribution >= 4 is 0 Å². The molecule has 0 aromatic heterocycles. The fourth-order valence-corrected chi connectivity index (χ4v) is 0.440. The zero-order valence-corrected chi connectivity index (χ0v) is 3.28. The SMILES string of the molecule is [CH]C1CCC1. The van der Waals surface area contributed by atoms with Crippen molar-refractivity contribution in [2.24, 2.45) is 5.92 Å². The van der Waals surface area contributed by atoms with E-state index in [4.69, 9.17) is 6.92 Å². The lowest BCUT2D eigenvalue weighted by Crippen LogP contribution is -2.04. The van der Waals surface area contributed by atoms with E-state index in [1.165, 1.54) is 19.3 Å². The van der Waals surface area contributed by atoms with Crippen LogP contribution in [0.4, 0.5) is 0 Å². The molecule has 0 heteroatoms. The summed E-state index contributed by atoms with van der Waals surface area (Å²) < 4.78 is 0. The van der Waals surface area contributed by atoms with Crippen LogP contribution in [-0.2, 0) is 0 Å². The molecular weight excluding hydrogens is 60.1 g/mol. The van der Waals surface area contributed by atoms with E-state index in [0.717, 1.165) is 0 Å². The van der Waals surface area contributed by atoms with Crippen molar-refractivity contribution in [2.75, 3.05) is 0 Å². The second-order valence-corrected chi connectivity index (χ2v) is 1.69.